The first-order valence-corrected chi connectivity index (χ1v) is 28.6. The molecule has 0 aromatic heterocycles. The van der Waals surface area contributed by atoms with E-state index < -0.39 is 188 Å². The molecule has 0 radical (unpaired) electrons. The van der Waals surface area contributed by atoms with Gasteiger partial charge >= 0.3 is 41.8 Å². The Morgan fingerprint density at radius 3 is 0.932 bits per heavy atom. The molecule has 0 unspecified atom stereocenters. The highest BCUT2D eigenvalue weighted by Gasteiger charge is 2.62. The minimum Gasteiger partial charge on any atom is -0.463 e. The topological polar surface area (TPSA) is 342 Å². The third-order valence-corrected chi connectivity index (χ3v) is 15.9. The summed E-state index contributed by atoms with van der Waals surface area (Å²) in [7, 11) is 0. The van der Waals surface area contributed by atoms with Crippen molar-refractivity contribution in [1.29, 1.82) is 0 Å². The van der Waals surface area contributed by atoms with E-state index in [1.54, 1.807) is 26.0 Å². The zero-order valence-corrected chi connectivity index (χ0v) is 49.6. The van der Waals surface area contributed by atoms with Gasteiger partial charge in [-0.3, -0.25) is 77.0 Å². The highest BCUT2D eigenvalue weighted by atomic mass is 32.2. The fourth-order valence-electron chi connectivity index (χ4n) is 11.5. The SMILES string of the molecule is CC(=O)OC[C@H]1O[C@@H](OC[C@H]2O[C@@H](OC[C@H]3O[C@@H](SC(C)C)[C@H](N4C(=O)c5ccccc5C4=O)[C@@H](OC(C)=O)[C@@H]3OC(C)=O)[C@H](N3C(=O)c4ccccc4C3=O)[C@@H](OC(C)=O)[C@@H]2OC(C)=O)[C@H](N2C(=O)c3ccccc3C2=O)[C@@H](OC(C)=O)[C@@H]1OC(C)=O. The monoisotopic (exact) mass is 1240 g/mol. The predicted molar refractivity (Wildman–Crippen MR) is 293 cm³/mol. The number of esters is 7. The van der Waals surface area contributed by atoms with Crippen LogP contribution in [0.1, 0.15) is 124 Å². The van der Waals surface area contributed by atoms with E-state index >= 15 is 0 Å². The summed E-state index contributed by atoms with van der Waals surface area (Å²) >= 11 is 1.09. The van der Waals surface area contributed by atoms with Crippen LogP contribution >= 0.6 is 11.8 Å². The average Bonchev–Trinajstić information content (AvgIpc) is 3.52. The maximum absolute atomic E-state index is 14.7. The molecular formula is C59H61N3O25S. The van der Waals surface area contributed by atoms with E-state index in [2.05, 4.69) is 0 Å². The third kappa shape index (κ3) is 12.9. The molecule has 6 amide bonds. The first-order valence-electron chi connectivity index (χ1n) is 27.7. The Kier molecular flexibility index (Phi) is 19.3. The summed E-state index contributed by atoms with van der Waals surface area (Å²) in [5.41, 5.74) is -1.65. The summed E-state index contributed by atoms with van der Waals surface area (Å²) in [5.74, 6) is -12.2. The molecule has 0 aliphatic carbocycles. The second kappa shape index (κ2) is 26.5. The summed E-state index contributed by atoms with van der Waals surface area (Å²) in [5, 5.41) is -0.339. The lowest BCUT2D eigenvalue weighted by Crippen LogP contribution is -2.69. The van der Waals surface area contributed by atoms with Crippen molar-refractivity contribution < 1.29 is 119 Å². The van der Waals surface area contributed by atoms with Crippen molar-refractivity contribution in [3.63, 3.8) is 0 Å². The number of imide groups is 3. The van der Waals surface area contributed by atoms with Crippen LogP contribution in [-0.2, 0) is 90.4 Å². The van der Waals surface area contributed by atoms with Crippen LogP contribution in [-0.4, -0.2) is 208 Å². The molecule has 28 nitrogen and oxygen atoms in total. The summed E-state index contributed by atoms with van der Waals surface area (Å²) in [6, 6.07) is 12.0. The minimum atomic E-state index is -2.07. The van der Waals surface area contributed by atoms with Crippen molar-refractivity contribution >= 4 is 89.0 Å². The van der Waals surface area contributed by atoms with Gasteiger partial charge in [-0.15, -0.1) is 11.8 Å². The van der Waals surface area contributed by atoms with E-state index in [0.717, 1.165) is 65.1 Å². The van der Waals surface area contributed by atoms with Crippen LogP contribution in [0.2, 0.25) is 0 Å². The van der Waals surface area contributed by atoms with Gasteiger partial charge in [0.2, 0.25) is 0 Å². The second-order valence-electron chi connectivity index (χ2n) is 21.3. The zero-order valence-electron chi connectivity index (χ0n) is 48.7. The van der Waals surface area contributed by atoms with Crippen molar-refractivity contribution in [2.75, 3.05) is 19.8 Å². The average molecular weight is 1240 g/mol. The number of amides is 6. The predicted octanol–water partition coefficient (Wildman–Crippen LogP) is 2.48. The third-order valence-electron chi connectivity index (χ3n) is 14.7. The van der Waals surface area contributed by atoms with Crippen LogP contribution < -0.4 is 0 Å². The van der Waals surface area contributed by atoms with Crippen LogP contribution in [0.5, 0.6) is 0 Å². The Labute approximate surface area is 505 Å². The Hall–Kier alpha value is -8.48. The summed E-state index contributed by atoms with van der Waals surface area (Å²) in [6.45, 7) is 8.11. The minimum absolute atomic E-state index is 0.0322. The number of hydrogen-bond donors (Lipinski definition) is 0. The number of ether oxygens (including phenoxy) is 12. The van der Waals surface area contributed by atoms with E-state index in [-0.39, 0.29) is 38.6 Å². The Morgan fingerprint density at radius 2 is 0.648 bits per heavy atom. The molecule has 6 aliphatic heterocycles. The molecule has 9 rings (SSSR count). The van der Waals surface area contributed by atoms with E-state index in [0.29, 0.717) is 9.80 Å². The molecule has 29 heteroatoms. The van der Waals surface area contributed by atoms with Gasteiger partial charge in [-0.25, -0.2) is 0 Å². The highest BCUT2D eigenvalue weighted by molar-refractivity contribution is 8.00. The molecule has 15 atom stereocenters. The van der Waals surface area contributed by atoms with Gasteiger partial charge < -0.3 is 56.8 Å². The van der Waals surface area contributed by atoms with Crippen molar-refractivity contribution in [2.45, 2.75) is 159 Å². The smallest absolute Gasteiger partial charge is 0.303 e. The summed E-state index contributed by atoms with van der Waals surface area (Å²) < 4.78 is 73.1. The molecule has 3 fully saturated rings. The Bertz CT molecular complexity index is 3250. The molecule has 0 saturated carbocycles. The normalized spacial score (nSPS) is 29.0. The molecule has 0 bridgehead atoms. The van der Waals surface area contributed by atoms with Crippen LogP contribution in [0.25, 0.3) is 0 Å². The van der Waals surface area contributed by atoms with Gasteiger partial charge in [0, 0.05) is 53.7 Å². The first kappa shape index (κ1) is 64.0. The van der Waals surface area contributed by atoms with E-state index in [1.807, 2.05) is 0 Å². The highest BCUT2D eigenvalue weighted by Crippen LogP contribution is 2.43. The van der Waals surface area contributed by atoms with Gasteiger partial charge in [0.1, 0.15) is 48.5 Å². The molecule has 0 N–H and O–H groups in total. The lowest BCUT2D eigenvalue weighted by atomic mass is 9.93. The van der Waals surface area contributed by atoms with Gasteiger partial charge in [0.25, 0.3) is 35.4 Å². The fourth-order valence-corrected chi connectivity index (χ4v) is 12.7. The quantitative estimate of drug-likeness (QED) is 0.0945. The van der Waals surface area contributed by atoms with Gasteiger partial charge in [0.15, 0.2) is 49.2 Å². The van der Waals surface area contributed by atoms with E-state index in [9.17, 15) is 62.3 Å². The Balaban J connectivity index is 1.14. The molecule has 3 aromatic carbocycles. The number of hydrogen-bond acceptors (Lipinski definition) is 26. The molecule has 6 aliphatic rings. The number of carbonyl (C=O) groups is 13. The lowest BCUT2D eigenvalue weighted by molar-refractivity contribution is -0.319. The standard InChI is InChI=1S/C59H61N3O25S/c1-25(2)88-59-44(62-55(74)37-20-14-15-21-38(37)56(62)75)50(84-32(9)69)47(81-29(6)66)41(87-59)24-78-58-43(61-53(72)35-18-12-13-19-36(35)54(61)73)49(83-31(8)68)46(80-28(5)65)40(86-58)23-77-57-42(60-51(70)33-16-10-11-17-34(33)52(60)71)48(82-30(7)67)45(79-27(4)64)39(85-57)22-76-26(3)63/h10-21,25,39-50,57-59H,22-24H2,1-9H3/t39-,40-,41-,42-,43-,44-,45-,46-,47-,48-,49-,50-,57-,58-,59+/m1/s1. The molecule has 0 spiro atoms. The maximum atomic E-state index is 14.7. The molecule has 468 valence electrons. The zero-order chi connectivity index (χ0) is 63.7. The second-order valence-corrected chi connectivity index (χ2v) is 23.0. The number of carbonyl (C=O) groups excluding carboxylic acids is 13. The summed E-state index contributed by atoms with van der Waals surface area (Å²) in [4.78, 5) is 180. The van der Waals surface area contributed by atoms with Crippen LogP contribution in [0.3, 0.4) is 0 Å². The Morgan fingerprint density at radius 1 is 0.386 bits per heavy atom. The van der Waals surface area contributed by atoms with Crippen LogP contribution in [0.4, 0.5) is 0 Å². The number of rotatable bonds is 19. The van der Waals surface area contributed by atoms with Crippen LogP contribution in [0, 0.1) is 0 Å². The fraction of sp³-hybridized carbons (Fsp3) is 0.475. The van der Waals surface area contributed by atoms with Gasteiger partial charge in [0.05, 0.1) is 46.6 Å². The van der Waals surface area contributed by atoms with E-state index in [4.69, 9.17) is 56.8 Å². The largest absolute Gasteiger partial charge is 0.463 e. The number of nitrogens with zero attached hydrogens (tertiary/aromatic N) is 3. The maximum Gasteiger partial charge on any atom is 0.303 e. The van der Waals surface area contributed by atoms with Gasteiger partial charge in [-0.1, -0.05) is 50.2 Å². The molecule has 88 heavy (non-hydrogen) atoms. The van der Waals surface area contributed by atoms with Gasteiger partial charge in [-0.05, 0) is 36.4 Å². The van der Waals surface area contributed by atoms with Gasteiger partial charge in [-0.2, -0.15) is 0 Å². The van der Waals surface area contributed by atoms with Crippen molar-refractivity contribution in [3.8, 4) is 0 Å². The molecule has 3 aromatic rings. The van der Waals surface area contributed by atoms with Crippen LogP contribution in [0.15, 0.2) is 72.8 Å². The number of benzene rings is 3. The van der Waals surface area contributed by atoms with Crippen molar-refractivity contribution in [1.82, 2.24) is 14.7 Å². The first-order chi connectivity index (χ1) is 41.8. The number of fused-ring (bicyclic) bond motifs is 3. The number of thioether (sulfide) groups is 1. The van der Waals surface area contributed by atoms with Crippen molar-refractivity contribution in [3.05, 3.63) is 106 Å². The van der Waals surface area contributed by atoms with Crippen molar-refractivity contribution in [2.24, 2.45) is 0 Å². The molecule has 6 heterocycles. The molecular weight excluding hydrogens is 1180 g/mol. The molecule has 3 saturated heterocycles. The van der Waals surface area contributed by atoms with E-state index in [1.165, 1.54) is 60.7 Å². The lowest BCUT2D eigenvalue weighted by Gasteiger charge is -2.50. The summed E-state index contributed by atoms with van der Waals surface area (Å²) in [6.07, 6.45) is -20.0.